The van der Waals surface area contributed by atoms with E-state index in [0.717, 1.165) is 11.4 Å². The van der Waals surface area contributed by atoms with Gasteiger partial charge in [-0.3, -0.25) is 14.3 Å². The molecule has 0 aromatic carbocycles. The van der Waals surface area contributed by atoms with Gasteiger partial charge >= 0.3 is 0 Å². The molecule has 1 atom stereocenters. The molecular formula is C13H20N4O2. The summed E-state index contributed by atoms with van der Waals surface area (Å²) in [5.41, 5.74) is 3.34. The Labute approximate surface area is 112 Å². The molecule has 0 spiro atoms. The molecule has 2 N–H and O–H groups in total. The van der Waals surface area contributed by atoms with Crippen LogP contribution in [-0.2, 0) is 16.1 Å². The predicted molar refractivity (Wildman–Crippen MR) is 70.6 cm³/mol. The lowest BCUT2D eigenvalue weighted by Crippen LogP contribution is -2.42. The van der Waals surface area contributed by atoms with Crippen LogP contribution in [0.1, 0.15) is 29.8 Å². The quantitative estimate of drug-likeness (QED) is 0.816. The first kappa shape index (κ1) is 13.6. The third-order valence-electron chi connectivity index (χ3n) is 3.68. The standard InChI is InChI=1S/C13H20N4O2/c1-8-9(2)16-17(10(8)3)7-6-14-13(19)11-4-5-12(18)15-11/h11H,4-7H2,1-3H3,(H,14,19)(H,15,18). The molecule has 0 aliphatic carbocycles. The third-order valence-corrected chi connectivity index (χ3v) is 3.68. The van der Waals surface area contributed by atoms with Gasteiger partial charge < -0.3 is 10.6 Å². The molecule has 19 heavy (non-hydrogen) atoms. The van der Waals surface area contributed by atoms with Crippen molar-refractivity contribution in [1.29, 1.82) is 0 Å². The Kier molecular flexibility index (Phi) is 3.87. The van der Waals surface area contributed by atoms with E-state index in [1.54, 1.807) is 0 Å². The first-order valence-corrected chi connectivity index (χ1v) is 6.56. The number of rotatable bonds is 4. The van der Waals surface area contributed by atoms with Crippen molar-refractivity contribution in [2.24, 2.45) is 0 Å². The monoisotopic (exact) mass is 264 g/mol. The fraction of sp³-hybridized carbons (Fsp3) is 0.615. The molecule has 1 saturated heterocycles. The van der Waals surface area contributed by atoms with E-state index in [1.807, 2.05) is 25.5 Å². The van der Waals surface area contributed by atoms with Crippen LogP contribution in [0.5, 0.6) is 0 Å². The van der Waals surface area contributed by atoms with Crippen LogP contribution in [0.3, 0.4) is 0 Å². The molecule has 0 bridgehead atoms. The maximum Gasteiger partial charge on any atom is 0.242 e. The van der Waals surface area contributed by atoms with Crippen molar-refractivity contribution in [3.8, 4) is 0 Å². The van der Waals surface area contributed by atoms with Crippen LogP contribution in [0, 0.1) is 20.8 Å². The Morgan fingerprint density at radius 3 is 2.74 bits per heavy atom. The normalized spacial score (nSPS) is 18.5. The zero-order chi connectivity index (χ0) is 14.0. The number of carbonyl (C=O) groups excluding carboxylic acids is 2. The second kappa shape index (κ2) is 5.42. The average Bonchev–Trinajstić information content (AvgIpc) is 2.90. The van der Waals surface area contributed by atoms with Crippen LogP contribution in [0.25, 0.3) is 0 Å². The smallest absolute Gasteiger partial charge is 0.242 e. The molecule has 2 amide bonds. The van der Waals surface area contributed by atoms with Gasteiger partial charge in [0.25, 0.3) is 0 Å². The Bertz CT molecular complexity index is 507. The van der Waals surface area contributed by atoms with Crippen molar-refractivity contribution in [1.82, 2.24) is 20.4 Å². The van der Waals surface area contributed by atoms with E-state index in [1.165, 1.54) is 5.56 Å². The van der Waals surface area contributed by atoms with Gasteiger partial charge in [-0.2, -0.15) is 5.10 Å². The molecule has 104 valence electrons. The lowest BCUT2D eigenvalue weighted by Gasteiger charge is -2.11. The van der Waals surface area contributed by atoms with Gasteiger partial charge in [-0.05, 0) is 32.8 Å². The number of nitrogens with zero attached hydrogens (tertiary/aromatic N) is 2. The van der Waals surface area contributed by atoms with Gasteiger partial charge in [-0.15, -0.1) is 0 Å². The highest BCUT2D eigenvalue weighted by Gasteiger charge is 2.26. The maximum atomic E-state index is 11.8. The zero-order valence-electron chi connectivity index (χ0n) is 11.6. The Morgan fingerprint density at radius 1 is 1.47 bits per heavy atom. The van der Waals surface area contributed by atoms with Crippen molar-refractivity contribution < 1.29 is 9.59 Å². The first-order valence-electron chi connectivity index (χ1n) is 6.56. The number of carbonyl (C=O) groups is 2. The highest BCUT2D eigenvalue weighted by Crippen LogP contribution is 2.10. The SMILES string of the molecule is Cc1nn(CCNC(=O)C2CCC(=O)N2)c(C)c1C. The topological polar surface area (TPSA) is 76.0 Å². The second-order valence-electron chi connectivity index (χ2n) is 4.97. The van der Waals surface area contributed by atoms with E-state index >= 15 is 0 Å². The molecule has 0 saturated carbocycles. The highest BCUT2D eigenvalue weighted by atomic mass is 16.2. The summed E-state index contributed by atoms with van der Waals surface area (Å²) in [5, 5.41) is 9.90. The summed E-state index contributed by atoms with van der Waals surface area (Å²) in [6.07, 6.45) is 1.03. The summed E-state index contributed by atoms with van der Waals surface area (Å²) < 4.78 is 1.90. The molecule has 1 aromatic heterocycles. The third kappa shape index (κ3) is 2.94. The Balaban J connectivity index is 1.81. The second-order valence-corrected chi connectivity index (χ2v) is 4.97. The fourth-order valence-corrected chi connectivity index (χ4v) is 2.22. The van der Waals surface area contributed by atoms with Crippen LogP contribution >= 0.6 is 0 Å². The molecule has 1 aliphatic heterocycles. The van der Waals surface area contributed by atoms with Crippen LogP contribution in [0.15, 0.2) is 0 Å². The van der Waals surface area contributed by atoms with Crippen LogP contribution in [0.2, 0.25) is 0 Å². The van der Waals surface area contributed by atoms with Gasteiger partial charge in [-0.25, -0.2) is 0 Å². The van der Waals surface area contributed by atoms with Gasteiger partial charge in [0.1, 0.15) is 6.04 Å². The maximum absolute atomic E-state index is 11.8. The minimum atomic E-state index is -0.366. The van der Waals surface area contributed by atoms with Crippen LogP contribution in [0.4, 0.5) is 0 Å². The van der Waals surface area contributed by atoms with Gasteiger partial charge in [0, 0.05) is 18.7 Å². The highest BCUT2D eigenvalue weighted by molar-refractivity contribution is 5.90. The number of amides is 2. The molecule has 1 fully saturated rings. The molecule has 2 heterocycles. The minimum absolute atomic E-state index is 0.0469. The molecular weight excluding hydrogens is 244 g/mol. The average molecular weight is 264 g/mol. The zero-order valence-corrected chi connectivity index (χ0v) is 11.6. The summed E-state index contributed by atoms with van der Waals surface area (Å²) in [6, 6.07) is -0.366. The van der Waals surface area contributed by atoms with Crippen LogP contribution in [-0.4, -0.2) is 34.2 Å². The molecule has 6 nitrogen and oxygen atoms in total. The van der Waals surface area contributed by atoms with E-state index in [0.29, 0.717) is 25.9 Å². The van der Waals surface area contributed by atoms with E-state index in [9.17, 15) is 9.59 Å². The fourth-order valence-electron chi connectivity index (χ4n) is 2.22. The Morgan fingerprint density at radius 2 is 2.21 bits per heavy atom. The van der Waals surface area contributed by atoms with Gasteiger partial charge in [0.2, 0.25) is 11.8 Å². The summed E-state index contributed by atoms with van der Waals surface area (Å²) in [7, 11) is 0. The number of aryl methyl sites for hydroxylation is 1. The molecule has 0 radical (unpaired) electrons. The van der Waals surface area contributed by atoms with Crippen molar-refractivity contribution in [2.45, 2.75) is 46.2 Å². The first-order chi connectivity index (χ1) is 8.99. The lowest BCUT2D eigenvalue weighted by atomic mass is 10.2. The van der Waals surface area contributed by atoms with Gasteiger partial charge in [-0.1, -0.05) is 0 Å². The van der Waals surface area contributed by atoms with Crippen molar-refractivity contribution in [3.05, 3.63) is 17.0 Å². The summed E-state index contributed by atoms with van der Waals surface area (Å²) >= 11 is 0. The van der Waals surface area contributed by atoms with Gasteiger partial charge in [0.15, 0.2) is 0 Å². The number of hydrogen-bond donors (Lipinski definition) is 2. The number of aromatic nitrogens is 2. The minimum Gasteiger partial charge on any atom is -0.352 e. The van der Waals surface area contributed by atoms with Crippen molar-refractivity contribution in [2.75, 3.05) is 6.54 Å². The van der Waals surface area contributed by atoms with E-state index in [2.05, 4.69) is 15.7 Å². The molecule has 1 unspecified atom stereocenters. The number of nitrogens with one attached hydrogen (secondary N) is 2. The summed E-state index contributed by atoms with van der Waals surface area (Å²) in [6.45, 7) is 7.21. The van der Waals surface area contributed by atoms with Crippen LogP contribution < -0.4 is 10.6 Å². The Hall–Kier alpha value is -1.85. The van der Waals surface area contributed by atoms with Crippen molar-refractivity contribution in [3.63, 3.8) is 0 Å². The van der Waals surface area contributed by atoms with Gasteiger partial charge in [0.05, 0.1) is 12.2 Å². The number of hydrogen-bond acceptors (Lipinski definition) is 3. The largest absolute Gasteiger partial charge is 0.352 e. The van der Waals surface area contributed by atoms with E-state index < -0.39 is 0 Å². The van der Waals surface area contributed by atoms with E-state index in [-0.39, 0.29) is 17.9 Å². The molecule has 6 heteroatoms. The summed E-state index contributed by atoms with van der Waals surface area (Å²) in [5.74, 6) is -0.154. The molecule has 1 aliphatic rings. The molecule has 2 rings (SSSR count). The van der Waals surface area contributed by atoms with Crippen molar-refractivity contribution >= 4 is 11.8 Å². The molecule has 1 aromatic rings. The lowest BCUT2D eigenvalue weighted by molar-refractivity contribution is -0.125. The van der Waals surface area contributed by atoms with E-state index in [4.69, 9.17) is 0 Å². The predicted octanol–water partition coefficient (Wildman–Crippen LogP) is 0.203. The summed E-state index contributed by atoms with van der Waals surface area (Å²) in [4.78, 5) is 22.8.